The average Bonchev–Trinajstić information content (AvgIpc) is 0.964. The number of aromatic nitrogens is 3. The van der Waals surface area contributed by atoms with E-state index in [0.29, 0.717) is 41.5 Å². The number of aromatic hydroxyl groups is 1. The Hall–Kier alpha value is -6.17. The van der Waals surface area contributed by atoms with Crippen molar-refractivity contribution in [3.8, 4) is 40.0 Å². The van der Waals surface area contributed by atoms with Crippen molar-refractivity contribution in [2.24, 2.45) is 0 Å². The fourth-order valence-corrected chi connectivity index (χ4v) is 13.9. The highest BCUT2D eigenvalue weighted by molar-refractivity contribution is 7.86. The van der Waals surface area contributed by atoms with Crippen LogP contribution in [0, 0.1) is 23.5 Å². The van der Waals surface area contributed by atoms with Gasteiger partial charge in [-0.2, -0.15) is 17.0 Å². The maximum Gasteiger partial charge on any atom is 0.489 e. The number of halogens is 2. The van der Waals surface area contributed by atoms with Crippen molar-refractivity contribution < 1.29 is 96.7 Å². The summed E-state index contributed by atoms with van der Waals surface area (Å²) < 4.78 is 130. The van der Waals surface area contributed by atoms with Crippen LogP contribution in [0.1, 0.15) is 54.3 Å². The molecule has 3 aliphatic rings. The number of nitrogens with two attached hydrogens (primary N) is 1. The van der Waals surface area contributed by atoms with Crippen molar-refractivity contribution >= 4 is 73.1 Å². The Labute approximate surface area is 491 Å². The Morgan fingerprint density at radius 1 is 0.930 bits per heavy atom. The number of anilines is 1. The van der Waals surface area contributed by atoms with E-state index in [1.807, 2.05) is 26.0 Å². The second-order valence-corrected chi connectivity index (χ2v) is 27.3. The van der Waals surface area contributed by atoms with Gasteiger partial charge in [-0.25, -0.2) is 37.5 Å². The third-order valence-electron chi connectivity index (χ3n) is 13.5. The van der Waals surface area contributed by atoms with Gasteiger partial charge in [0.2, 0.25) is 11.3 Å². The number of phenolic OH excluding ortho intramolecular Hbond substituents is 1. The lowest BCUT2D eigenvalue weighted by atomic mass is 9.92. The maximum absolute atomic E-state index is 14.7. The van der Waals surface area contributed by atoms with E-state index < -0.39 is 92.2 Å². The first-order valence-electron chi connectivity index (χ1n) is 26.4. The molecule has 1 aliphatic carbocycles. The molecule has 3 unspecified atom stereocenters. The second-order valence-electron chi connectivity index (χ2n) is 21.1. The molecular weight excluding hydrogens is 1220 g/mol. The number of rotatable bonds is 28. The van der Waals surface area contributed by atoms with E-state index in [-0.39, 0.29) is 95.4 Å². The van der Waals surface area contributed by atoms with E-state index in [4.69, 9.17) is 19.4 Å². The van der Waals surface area contributed by atoms with Gasteiger partial charge in [-0.3, -0.25) is 23.5 Å². The van der Waals surface area contributed by atoms with Gasteiger partial charge in [0.25, 0.3) is 16.0 Å². The van der Waals surface area contributed by atoms with Crippen LogP contribution in [0.15, 0.2) is 69.1 Å². The molecule has 2 amide bonds. The lowest BCUT2D eigenvalue weighted by Crippen LogP contribution is -2.42. The molecule has 0 radical (unpaired) electrons. The molecule has 0 bridgehead atoms. The summed E-state index contributed by atoms with van der Waals surface area (Å²) in [6.07, 6.45) is 1.36. The molecule has 7 rings (SSSR count). The standard InChI is InChI=1S/C51H65F2N10O19P3S/c1-60(2)28-45(67)55-14-8-11-32-27-62(50-47(32)49(54)57-30-58-50)46-26-40(66)43(80-46)29-78-84(71,72)82-85(73,74)81-83(69,70)59-16-9-18-61(3)17-6-7-19-63(4,5)20-10-15-56-51(68)31-12-13-33(44(21-31)86(75,76)77)48-34-22-36(52)38(64)24-41(34)79-42-25-39(65)37(53)23-35(42)48/h12-13,21-25,27,30,40,43,46,66H,6-7,9-10,14-20,26,28-29H2,1-5H3,(H9-,54,55,56,57,58,59,64,65,67,68,69,70,71,72,73,74,75,76,77)/p+1/t40-,43-,46-/m1/s1. The highest BCUT2D eigenvalue weighted by Crippen LogP contribution is 2.66. The van der Waals surface area contributed by atoms with Gasteiger partial charge in [0, 0.05) is 71.9 Å². The zero-order valence-electron chi connectivity index (χ0n) is 47.1. The topological polar surface area (TPSA) is 407 Å². The molecule has 1 fully saturated rings. The van der Waals surface area contributed by atoms with Crippen LogP contribution >= 0.6 is 23.4 Å². The minimum Gasteiger partial charge on any atom is -0.505 e. The van der Waals surface area contributed by atoms with E-state index in [0.717, 1.165) is 49.7 Å². The van der Waals surface area contributed by atoms with Crippen LogP contribution in [0.5, 0.6) is 5.75 Å². The fourth-order valence-electron chi connectivity index (χ4n) is 9.39. The predicted octanol–water partition coefficient (Wildman–Crippen LogP) is 3.74. The summed E-state index contributed by atoms with van der Waals surface area (Å²) in [6.45, 7) is 1.68. The molecule has 86 heavy (non-hydrogen) atoms. The first-order chi connectivity index (χ1) is 40.2. The number of phenols is 1. The number of ether oxygens (including phenoxy) is 1. The molecule has 0 spiro atoms. The van der Waals surface area contributed by atoms with Crippen molar-refractivity contribution in [1.82, 2.24) is 40.1 Å². The number of carbonyl (C=O) groups excluding carboxylic acids is 2. The smallest absolute Gasteiger partial charge is 0.489 e. The number of benzene rings is 3. The normalized spacial score (nSPS) is 17.8. The van der Waals surface area contributed by atoms with Crippen molar-refractivity contribution in [3.05, 3.63) is 88.0 Å². The quantitative estimate of drug-likeness (QED) is 0.00835. The number of fused-ring (bicyclic) bond motifs is 3. The molecule has 4 heterocycles. The molecule has 2 aliphatic heterocycles. The van der Waals surface area contributed by atoms with Gasteiger partial charge in [-0.05, 0) is 77.8 Å². The fraction of sp³-hybridized carbons (Fsp3) is 0.431. The molecule has 29 nitrogen and oxygen atoms in total. The van der Waals surface area contributed by atoms with E-state index in [1.54, 1.807) is 19.0 Å². The molecule has 35 heteroatoms. The first kappa shape index (κ1) is 67.3. The Bertz CT molecular complexity index is 3860. The Balaban J connectivity index is 0.802. The van der Waals surface area contributed by atoms with Crippen molar-refractivity contribution in [2.75, 3.05) is 99.9 Å². The summed E-state index contributed by atoms with van der Waals surface area (Å²) in [4.78, 5) is 79.3. The maximum atomic E-state index is 14.7. The Morgan fingerprint density at radius 2 is 1.65 bits per heavy atom. The number of hydrogen-bond acceptors (Lipinski definition) is 20. The molecule has 6 atom stereocenters. The lowest BCUT2D eigenvalue weighted by Gasteiger charge is -2.30. The van der Waals surface area contributed by atoms with E-state index >= 15 is 0 Å². The molecule has 2 aromatic carbocycles. The van der Waals surface area contributed by atoms with Crippen molar-refractivity contribution in [1.29, 1.82) is 0 Å². The minimum absolute atomic E-state index is 0.0207. The summed E-state index contributed by atoms with van der Waals surface area (Å²) >= 11 is 0. The number of aliphatic hydroxyl groups excluding tert-OH is 1. The third kappa shape index (κ3) is 18.0. The summed E-state index contributed by atoms with van der Waals surface area (Å²) in [6, 6.07) is 6.60. The Kier molecular flexibility index (Phi) is 21.8. The number of phosphoric acid groups is 2. The van der Waals surface area contributed by atoms with Crippen LogP contribution in [0.3, 0.4) is 0 Å². The number of unbranched alkanes of at least 4 members (excludes halogenated alkanes) is 1. The van der Waals surface area contributed by atoms with E-state index in [9.17, 15) is 74.7 Å². The summed E-state index contributed by atoms with van der Waals surface area (Å²) in [5.41, 5.74) is 4.74. The van der Waals surface area contributed by atoms with E-state index in [2.05, 4.69) is 46.2 Å². The molecule has 468 valence electrons. The number of amides is 2. The van der Waals surface area contributed by atoms with Gasteiger partial charge in [-0.15, -0.1) is 0 Å². The first-order valence-corrected chi connectivity index (χ1v) is 32.4. The molecule has 0 saturated carbocycles. The number of hydrogen-bond donors (Lipinski definition) is 10. The van der Waals surface area contributed by atoms with Gasteiger partial charge in [0.1, 0.15) is 46.4 Å². The van der Waals surface area contributed by atoms with Crippen LogP contribution in [-0.4, -0.2) is 185 Å². The summed E-state index contributed by atoms with van der Waals surface area (Å²) in [7, 11) is -12.2. The van der Waals surface area contributed by atoms with Gasteiger partial charge in [0.15, 0.2) is 17.4 Å². The van der Waals surface area contributed by atoms with Crippen LogP contribution < -0.4 is 26.9 Å². The lowest BCUT2D eigenvalue weighted by molar-refractivity contribution is -0.890. The number of aliphatic hydroxyl groups is 1. The number of phosphoric ester groups is 1. The number of carbonyl (C=O) groups is 2. The SMILES string of the molecule is CN(C)CC(=O)NCC#Cc1cn([C@H]2C[C@@H](O)[C@@H](COP(=O)(O)OP(=O)(O)OP(=O)(O)NCCCN(C)CCCC[N+](C)(C)CCCNC(=O)c3ccc(-c4c5cc(F)c(=O)cc-5oc5cc(O)c(F)cc45)c(S(=O)(=O)O)c3)O2)c2ncnc(N)c12. The highest BCUT2D eigenvalue weighted by Gasteiger charge is 2.43. The van der Waals surface area contributed by atoms with E-state index in [1.165, 1.54) is 29.2 Å². The third-order valence-corrected chi connectivity index (χ3v) is 18.8. The van der Waals surface area contributed by atoms with Crippen LogP contribution in [0.2, 0.25) is 0 Å². The van der Waals surface area contributed by atoms with Crippen LogP contribution in [0.25, 0.3) is 44.5 Å². The number of nitrogens with zero attached hydrogens (tertiary/aromatic N) is 6. The number of quaternary nitrogens is 1. The number of likely N-dealkylation sites (N-methyl/N-ethyl adjacent to an activating group) is 1. The number of nitrogens with one attached hydrogen (secondary N) is 3. The zero-order valence-corrected chi connectivity index (χ0v) is 50.6. The average molecular weight is 1290 g/mol. The minimum atomic E-state index is -5.76. The molecular formula is C51H66F2N10O19P3S+. The van der Waals surface area contributed by atoms with Gasteiger partial charge < -0.3 is 69.3 Å². The zero-order chi connectivity index (χ0) is 63.1. The Morgan fingerprint density at radius 3 is 2.37 bits per heavy atom. The monoisotopic (exact) mass is 1290 g/mol. The molecule has 11 N–H and O–H groups in total. The van der Waals surface area contributed by atoms with Gasteiger partial charge >= 0.3 is 23.4 Å². The predicted molar refractivity (Wildman–Crippen MR) is 307 cm³/mol. The van der Waals surface area contributed by atoms with Crippen molar-refractivity contribution in [3.63, 3.8) is 0 Å². The second kappa shape index (κ2) is 27.9. The van der Waals surface area contributed by atoms with Gasteiger partial charge in [0.05, 0.1) is 63.9 Å². The van der Waals surface area contributed by atoms with Crippen molar-refractivity contribution in [2.45, 2.75) is 55.4 Å². The largest absolute Gasteiger partial charge is 0.505 e. The van der Waals surface area contributed by atoms with Gasteiger partial charge in [-0.1, -0.05) is 17.9 Å². The van der Waals surface area contributed by atoms with Crippen LogP contribution in [0.4, 0.5) is 14.6 Å². The molecule has 4 aromatic rings. The molecule has 2 aromatic heterocycles. The number of nitrogen functional groups attached to an aromatic ring is 1. The summed E-state index contributed by atoms with van der Waals surface area (Å²) in [5.74, 6) is 1.47. The van der Waals surface area contributed by atoms with Crippen LogP contribution in [-0.2, 0) is 46.5 Å². The summed E-state index contributed by atoms with van der Waals surface area (Å²) in [5, 5.41) is 28.5. The molecule has 1 saturated heterocycles. The highest BCUT2D eigenvalue weighted by atomic mass is 32.2.